The Bertz CT molecular complexity index is 676. The molecule has 1 N–H and O–H groups in total. The molecule has 0 bridgehead atoms. The number of hydrogen-bond acceptors (Lipinski definition) is 4. The summed E-state index contributed by atoms with van der Waals surface area (Å²) in [6.07, 6.45) is 5.39. The summed E-state index contributed by atoms with van der Waals surface area (Å²) < 4.78 is 36.8. The number of amides is 2. The van der Waals surface area contributed by atoms with Gasteiger partial charge in [0, 0.05) is 12.6 Å². The predicted molar refractivity (Wildman–Crippen MR) is 79.7 cm³/mol. The second-order valence-corrected chi connectivity index (χ2v) is 8.12. The summed E-state index contributed by atoms with van der Waals surface area (Å²) in [6.45, 7) is 0.179. The minimum Gasteiger partial charge on any atom is -0.319 e. The van der Waals surface area contributed by atoms with E-state index < -0.39 is 15.7 Å². The van der Waals surface area contributed by atoms with Crippen LogP contribution in [0.25, 0.3) is 0 Å². The molecule has 22 heavy (non-hydrogen) atoms. The van der Waals surface area contributed by atoms with Gasteiger partial charge in [0.05, 0.1) is 35.6 Å². The number of sulfone groups is 1. The number of carbonyl (C=O) groups is 1. The Kier molecular flexibility index (Phi) is 4.03. The van der Waals surface area contributed by atoms with Crippen molar-refractivity contribution in [3.05, 3.63) is 24.3 Å². The van der Waals surface area contributed by atoms with Crippen molar-refractivity contribution in [1.29, 1.82) is 0 Å². The molecule has 1 unspecified atom stereocenters. The van der Waals surface area contributed by atoms with Crippen molar-refractivity contribution in [2.75, 3.05) is 23.4 Å². The van der Waals surface area contributed by atoms with E-state index >= 15 is 0 Å². The lowest BCUT2D eigenvalue weighted by Gasteiger charge is -2.43. The molecule has 1 aliphatic carbocycles. The third-order valence-corrected chi connectivity index (χ3v) is 6.03. The van der Waals surface area contributed by atoms with E-state index in [2.05, 4.69) is 10.3 Å². The van der Waals surface area contributed by atoms with E-state index in [4.69, 9.17) is 0 Å². The summed E-state index contributed by atoms with van der Waals surface area (Å²) in [6, 6.07) is 0.512. The van der Waals surface area contributed by atoms with Crippen molar-refractivity contribution in [3.63, 3.8) is 0 Å². The van der Waals surface area contributed by atoms with Gasteiger partial charge in [-0.15, -0.1) is 0 Å². The molecule has 1 aromatic heterocycles. The summed E-state index contributed by atoms with van der Waals surface area (Å²) in [5.41, 5.74) is 0.269. The molecule has 0 spiro atoms. The van der Waals surface area contributed by atoms with Crippen molar-refractivity contribution in [3.8, 4) is 0 Å². The lowest BCUT2D eigenvalue weighted by atomic mass is 9.79. The average Bonchev–Trinajstić information content (AvgIpc) is 2.35. The van der Waals surface area contributed by atoms with Crippen LogP contribution in [-0.4, -0.2) is 48.4 Å². The van der Waals surface area contributed by atoms with E-state index in [9.17, 15) is 17.6 Å². The van der Waals surface area contributed by atoms with E-state index in [0.29, 0.717) is 0 Å². The molecule has 1 aliphatic heterocycles. The molecule has 8 heteroatoms. The molecule has 1 saturated carbocycles. The van der Waals surface area contributed by atoms with Crippen molar-refractivity contribution in [2.45, 2.75) is 25.3 Å². The molecule has 1 aromatic rings. The number of carbonyl (C=O) groups excluding carboxylic acids is 1. The molecule has 6 nitrogen and oxygen atoms in total. The number of aromatic nitrogens is 1. The van der Waals surface area contributed by atoms with Crippen LogP contribution in [0.3, 0.4) is 0 Å². The van der Waals surface area contributed by atoms with Crippen LogP contribution in [0, 0.1) is 11.7 Å². The van der Waals surface area contributed by atoms with Crippen LogP contribution in [0.5, 0.6) is 0 Å². The fourth-order valence-corrected chi connectivity index (χ4v) is 4.59. The third-order valence-electron chi connectivity index (χ3n) is 4.38. The van der Waals surface area contributed by atoms with Crippen LogP contribution in [0.4, 0.5) is 14.9 Å². The summed E-state index contributed by atoms with van der Waals surface area (Å²) in [5, 5.41) is 2.60. The number of halogens is 1. The first-order chi connectivity index (χ1) is 10.4. The molecular formula is C14H18FN3O3S. The van der Waals surface area contributed by atoms with Gasteiger partial charge in [-0.3, -0.25) is 4.98 Å². The minimum atomic E-state index is -3.09. The van der Waals surface area contributed by atoms with Gasteiger partial charge in [-0.25, -0.2) is 17.6 Å². The summed E-state index contributed by atoms with van der Waals surface area (Å²) in [4.78, 5) is 17.7. The van der Waals surface area contributed by atoms with Gasteiger partial charge in [-0.05, 0) is 18.8 Å². The highest BCUT2D eigenvalue weighted by atomic mass is 32.2. The van der Waals surface area contributed by atoms with Crippen LogP contribution < -0.4 is 5.32 Å². The van der Waals surface area contributed by atoms with E-state index in [1.54, 1.807) is 4.90 Å². The zero-order valence-electron chi connectivity index (χ0n) is 12.0. The van der Waals surface area contributed by atoms with Gasteiger partial charge in [0.2, 0.25) is 0 Å². The van der Waals surface area contributed by atoms with Crippen LogP contribution in [0.2, 0.25) is 0 Å². The van der Waals surface area contributed by atoms with Gasteiger partial charge in [0.25, 0.3) is 0 Å². The highest BCUT2D eigenvalue weighted by Gasteiger charge is 2.40. The molecule has 2 aliphatic rings. The Morgan fingerprint density at radius 1 is 1.36 bits per heavy atom. The SMILES string of the molecule is O=C(Nc1cncc(F)c1)N1CCS(=O)(=O)CC1C1CCC1. The van der Waals surface area contributed by atoms with Crippen LogP contribution >= 0.6 is 0 Å². The number of pyridine rings is 1. The Labute approximate surface area is 128 Å². The zero-order valence-corrected chi connectivity index (χ0v) is 12.9. The van der Waals surface area contributed by atoms with Crippen molar-refractivity contribution >= 4 is 21.6 Å². The maximum atomic E-state index is 13.1. The third kappa shape index (κ3) is 3.21. The van der Waals surface area contributed by atoms with Crippen LogP contribution in [0.1, 0.15) is 19.3 Å². The maximum Gasteiger partial charge on any atom is 0.322 e. The highest BCUT2D eigenvalue weighted by Crippen LogP contribution is 2.34. The molecule has 0 aromatic carbocycles. The first kappa shape index (κ1) is 15.2. The first-order valence-electron chi connectivity index (χ1n) is 7.33. The first-order valence-corrected chi connectivity index (χ1v) is 9.15. The van der Waals surface area contributed by atoms with E-state index in [0.717, 1.165) is 25.5 Å². The lowest BCUT2D eigenvalue weighted by Crippen LogP contribution is -2.56. The molecule has 0 radical (unpaired) electrons. The molecule has 2 heterocycles. The van der Waals surface area contributed by atoms with Crippen molar-refractivity contribution < 1.29 is 17.6 Å². The maximum absolute atomic E-state index is 13.1. The van der Waals surface area contributed by atoms with Crippen molar-refractivity contribution in [2.24, 2.45) is 5.92 Å². The number of urea groups is 1. The smallest absolute Gasteiger partial charge is 0.319 e. The molecule has 1 saturated heterocycles. The lowest BCUT2D eigenvalue weighted by molar-refractivity contribution is 0.131. The van der Waals surface area contributed by atoms with Gasteiger partial charge in [-0.1, -0.05) is 6.42 Å². The number of rotatable bonds is 2. The number of anilines is 1. The minimum absolute atomic E-state index is 0.0203. The van der Waals surface area contributed by atoms with Gasteiger partial charge >= 0.3 is 6.03 Å². The quantitative estimate of drug-likeness (QED) is 0.896. The van der Waals surface area contributed by atoms with Gasteiger partial charge < -0.3 is 10.2 Å². The number of hydrogen-bond donors (Lipinski definition) is 1. The topological polar surface area (TPSA) is 79.4 Å². The largest absolute Gasteiger partial charge is 0.322 e. The normalized spacial score (nSPS) is 24.6. The summed E-state index contributed by atoms with van der Waals surface area (Å²) >= 11 is 0. The van der Waals surface area contributed by atoms with E-state index in [-0.39, 0.29) is 41.7 Å². The Balaban J connectivity index is 1.74. The highest BCUT2D eigenvalue weighted by molar-refractivity contribution is 7.91. The van der Waals surface area contributed by atoms with Crippen LogP contribution in [-0.2, 0) is 9.84 Å². The second kappa shape index (κ2) is 5.83. The summed E-state index contributed by atoms with van der Waals surface area (Å²) in [5.74, 6) is -0.293. The van der Waals surface area contributed by atoms with E-state index in [1.807, 2.05) is 0 Å². The average molecular weight is 327 g/mol. The Hall–Kier alpha value is -1.70. The fraction of sp³-hybridized carbons (Fsp3) is 0.571. The molecule has 1 atom stereocenters. The molecular weight excluding hydrogens is 309 g/mol. The van der Waals surface area contributed by atoms with Gasteiger partial charge in [-0.2, -0.15) is 0 Å². The van der Waals surface area contributed by atoms with Crippen LogP contribution in [0.15, 0.2) is 18.5 Å². The Morgan fingerprint density at radius 3 is 2.77 bits per heavy atom. The Morgan fingerprint density at radius 2 is 2.14 bits per heavy atom. The predicted octanol–water partition coefficient (Wildman–Crippen LogP) is 1.65. The molecule has 2 amide bonds. The monoisotopic (exact) mass is 327 g/mol. The van der Waals surface area contributed by atoms with E-state index in [1.165, 1.54) is 12.3 Å². The molecule has 2 fully saturated rings. The molecule has 3 rings (SSSR count). The zero-order chi connectivity index (χ0) is 15.7. The van der Waals surface area contributed by atoms with Crippen molar-refractivity contribution in [1.82, 2.24) is 9.88 Å². The number of nitrogens with zero attached hydrogens (tertiary/aromatic N) is 2. The fourth-order valence-electron chi connectivity index (χ4n) is 2.98. The second-order valence-electron chi connectivity index (χ2n) is 5.89. The van der Waals surface area contributed by atoms with Gasteiger partial charge in [0.15, 0.2) is 9.84 Å². The molecule has 120 valence electrons. The standard InChI is InChI=1S/C14H18FN3O3S/c15-11-6-12(8-16-7-11)17-14(19)18-4-5-22(20,21)9-13(18)10-2-1-3-10/h6-8,10,13H,1-5,9H2,(H,17,19). The summed E-state index contributed by atoms with van der Waals surface area (Å²) in [7, 11) is -3.09. The van der Waals surface area contributed by atoms with Gasteiger partial charge in [0.1, 0.15) is 5.82 Å². The number of nitrogens with one attached hydrogen (secondary N) is 1.